The maximum atomic E-state index is 13.0. The van der Waals surface area contributed by atoms with Gasteiger partial charge in [-0.2, -0.15) is 4.31 Å². The zero-order valence-corrected chi connectivity index (χ0v) is 15.9. The van der Waals surface area contributed by atoms with E-state index in [0.29, 0.717) is 31.3 Å². The van der Waals surface area contributed by atoms with Gasteiger partial charge < -0.3 is 15.4 Å². The SMILES string of the molecule is COC[C@H]1CCCN1S(=O)(=O)c1cccc(C(=O)NC[C@@H]2CCCN2)c1. The summed E-state index contributed by atoms with van der Waals surface area (Å²) < 4.78 is 32.6. The van der Waals surface area contributed by atoms with Crippen molar-refractivity contribution in [1.82, 2.24) is 14.9 Å². The fourth-order valence-electron chi connectivity index (χ4n) is 3.67. The Balaban J connectivity index is 1.72. The normalized spacial score (nSPS) is 24.0. The molecule has 26 heavy (non-hydrogen) atoms. The minimum absolute atomic E-state index is 0.143. The third-order valence-corrected chi connectivity index (χ3v) is 7.00. The topological polar surface area (TPSA) is 87.7 Å². The Morgan fingerprint density at radius 3 is 2.92 bits per heavy atom. The van der Waals surface area contributed by atoms with Crippen molar-refractivity contribution in [3.05, 3.63) is 29.8 Å². The first-order valence-electron chi connectivity index (χ1n) is 9.15. The van der Waals surface area contributed by atoms with Crippen LogP contribution in [0.4, 0.5) is 0 Å². The molecule has 0 aromatic heterocycles. The summed E-state index contributed by atoms with van der Waals surface area (Å²) in [6, 6.07) is 6.44. The molecule has 2 heterocycles. The maximum Gasteiger partial charge on any atom is 0.251 e. The number of sulfonamides is 1. The molecule has 7 nitrogen and oxygen atoms in total. The molecule has 0 unspecified atom stereocenters. The molecule has 8 heteroatoms. The number of amides is 1. The average molecular weight is 381 g/mol. The standard InChI is InChI=1S/C18H27N3O4S/c1-25-13-16-7-4-10-21(16)26(23,24)17-8-2-5-14(11-17)18(22)20-12-15-6-3-9-19-15/h2,5,8,11,15-16,19H,3-4,6-7,9-10,12-13H2,1H3,(H,20,22)/t15-,16+/m0/s1. The van der Waals surface area contributed by atoms with Crippen LogP contribution >= 0.6 is 0 Å². The van der Waals surface area contributed by atoms with E-state index in [2.05, 4.69) is 10.6 Å². The monoisotopic (exact) mass is 381 g/mol. The maximum absolute atomic E-state index is 13.0. The number of hydrogen-bond donors (Lipinski definition) is 2. The van der Waals surface area contributed by atoms with Crippen molar-refractivity contribution < 1.29 is 17.9 Å². The molecule has 1 aromatic rings. The van der Waals surface area contributed by atoms with E-state index in [4.69, 9.17) is 4.74 Å². The van der Waals surface area contributed by atoms with Crippen molar-refractivity contribution in [2.45, 2.75) is 42.7 Å². The van der Waals surface area contributed by atoms with Crippen LogP contribution in [-0.4, -0.2) is 64.1 Å². The second-order valence-electron chi connectivity index (χ2n) is 6.90. The molecular formula is C18H27N3O4S. The molecule has 2 atom stereocenters. The summed E-state index contributed by atoms with van der Waals surface area (Å²) in [7, 11) is -2.06. The second-order valence-corrected chi connectivity index (χ2v) is 8.79. The summed E-state index contributed by atoms with van der Waals surface area (Å²) in [5.41, 5.74) is 0.367. The Morgan fingerprint density at radius 1 is 1.35 bits per heavy atom. The van der Waals surface area contributed by atoms with E-state index in [-0.39, 0.29) is 16.8 Å². The molecule has 3 rings (SSSR count). The van der Waals surface area contributed by atoms with Crippen LogP contribution in [0.15, 0.2) is 29.2 Å². The van der Waals surface area contributed by atoms with Crippen LogP contribution in [0.25, 0.3) is 0 Å². The molecule has 0 bridgehead atoms. The van der Waals surface area contributed by atoms with Crippen molar-refractivity contribution in [3.63, 3.8) is 0 Å². The highest BCUT2D eigenvalue weighted by Crippen LogP contribution is 2.26. The van der Waals surface area contributed by atoms with Crippen molar-refractivity contribution in [3.8, 4) is 0 Å². The molecule has 1 aromatic carbocycles. The molecule has 0 saturated carbocycles. The molecule has 2 N–H and O–H groups in total. The second kappa shape index (κ2) is 8.47. The van der Waals surface area contributed by atoms with E-state index < -0.39 is 10.0 Å². The summed E-state index contributed by atoms with van der Waals surface area (Å²) in [6.45, 7) is 2.40. The number of carbonyl (C=O) groups is 1. The van der Waals surface area contributed by atoms with Gasteiger partial charge in [0.1, 0.15) is 0 Å². The van der Waals surface area contributed by atoms with E-state index >= 15 is 0 Å². The lowest BCUT2D eigenvalue weighted by Crippen LogP contribution is -2.38. The van der Waals surface area contributed by atoms with Crippen LogP contribution in [-0.2, 0) is 14.8 Å². The van der Waals surface area contributed by atoms with Crippen molar-refractivity contribution in [2.24, 2.45) is 0 Å². The Morgan fingerprint density at radius 2 is 2.19 bits per heavy atom. The van der Waals surface area contributed by atoms with Gasteiger partial charge in [-0.25, -0.2) is 8.42 Å². The molecule has 2 fully saturated rings. The van der Waals surface area contributed by atoms with Crippen LogP contribution < -0.4 is 10.6 Å². The number of benzene rings is 1. The Labute approximate surface area is 155 Å². The van der Waals surface area contributed by atoms with E-state index in [1.54, 1.807) is 25.3 Å². The zero-order chi connectivity index (χ0) is 18.6. The summed E-state index contributed by atoms with van der Waals surface area (Å²) in [6.07, 6.45) is 3.78. The van der Waals surface area contributed by atoms with Gasteiger partial charge in [0.2, 0.25) is 10.0 Å². The Kier molecular flexibility index (Phi) is 6.29. The molecule has 1 amide bonds. The smallest absolute Gasteiger partial charge is 0.251 e. The number of nitrogens with zero attached hydrogens (tertiary/aromatic N) is 1. The number of rotatable bonds is 7. The van der Waals surface area contributed by atoms with Crippen LogP contribution in [0.3, 0.4) is 0 Å². The van der Waals surface area contributed by atoms with Gasteiger partial charge in [-0.05, 0) is 50.4 Å². The van der Waals surface area contributed by atoms with Gasteiger partial charge in [-0.15, -0.1) is 0 Å². The van der Waals surface area contributed by atoms with Gasteiger partial charge in [0.15, 0.2) is 0 Å². The molecule has 144 valence electrons. The average Bonchev–Trinajstić information content (AvgIpc) is 3.32. The molecule has 0 spiro atoms. The first-order chi connectivity index (χ1) is 12.5. The zero-order valence-electron chi connectivity index (χ0n) is 15.1. The fourth-order valence-corrected chi connectivity index (χ4v) is 5.39. The number of methoxy groups -OCH3 is 1. The van der Waals surface area contributed by atoms with Gasteiger partial charge >= 0.3 is 0 Å². The number of ether oxygens (including phenoxy) is 1. The molecule has 2 saturated heterocycles. The van der Waals surface area contributed by atoms with Gasteiger partial charge in [0.05, 0.1) is 11.5 Å². The third kappa shape index (κ3) is 4.25. The van der Waals surface area contributed by atoms with E-state index in [0.717, 1.165) is 32.2 Å². The highest BCUT2D eigenvalue weighted by Gasteiger charge is 2.35. The largest absolute Gasteiger partial charge is 0.383 e. The third-order valence-electron chi connectivity index (χ3n) is 5.06. The number of nitrogens with one attached hydrogen (secondary N) is 2. The minimum atomic E-state index is -3.64. The molecule has 0 aliphatic carbocycles. The van der Waals surface area contributed by atoms with Gasteiger partial charge in [-0.3, -0.25) is 4.79 Å². The molecule has 2 aliphatic rings. The van der Waals surface area contributed by atoms with Crippen molar-refractivity contribution in [1.29, 1.82) is 0 Å². The molecule has 2 aliphatic heterocycles. The van der Waals surface area contributed by atoms with E-state index in [1.165, 1.54) is 10.4 Å². The highest BCUT2D eigenvalue weighted by molar-refractivity contribution is 7.89. The lowest BCUT2D eigenvalue weighted by molar-refractivity contribution is 0.0950. The molecule has 0 radical (unpaired) electrons. The Hall–Kier alpha value is -1.48. The molecular weight excluding hydrogens is 354 g/mol. The minimum Gasteiger partial charge on any atom is -0.383 e. The van der Waals surface area contributed by atoms with Gasteiger partial charge in [0, 0.05) is 37.8 Å². The number of hydrogen-bond acceptors (Lipinski definition) is 5. The van der Waals surface area contributed by atoms with Crippen LogP contribution in [0.5, 0.6) is 0 Å². The van der Waals surface area contributed by atoms with E-state index in [1.807, 2.05) is 0 Å². The van der Waals surface area contributed by atoms with Crippen LogP contribution in [0.2, 0.25) is 0 Å². The van der Waals surface area contributed by atoms with Crippen molar-refractivity contribution >= 4 is 15.9 Å². The van der Waals surface area contributed by atoms with Crippen LogP contribution in [0, 0.1) is 0 Å². The Bertz CT molecular complexity index is 732. The lowest BCUT2D eigenvalue weighted by atomic mass is 10.2. The summed E-state index contributed by atoms with van der Waals surface area (Å²) >= 11 is 0. The van der Waals surface area contributed by atoms with Gasteiger partial charge in [-0.1, -0.05) is 6.07 Å². The first-order valence-corrected chi connectivity index (χ1v) is 10.6. The number of carbonyl (C=O) groups excluding carboxylic acids is 1. The van der Waals surface area contributed by atoms with Crippen molar-refractivity contribution in [2.75, 3.05) is 33.4 Å². The van der Waals surface area contributed by atoms with E-state index in [9.17, 15) is 13.2 Å². The summed E-state index contributed by atoms with van der Waals surface area (Å²) in [5, 5.41) is 6.21. The summed E-state index contributed by atoms with van der Waals surface area (Å²) in [4.78, 5) is 12.6. The lowest BCUT2D eigenvalue weighted by Gasteiger charge is -2.23. The predicted molar refractivity (Wildman–Crippen MR) is 98.6 cm³/mol. The summed E-state index contributed by atoms with van der Waals surface area (Å²) in [5.74, 6) is -0.245. The first kappa shape index (κ1) is 19.3. The fraction of sp³-hybridized carbons (Fsp3) is 0.611. The predicted octanol–water partition coefficient (Wildman–Crippen LogP) is 0.968. The quantitative estimate of drug-likeness (QED) is 0.735. The van der Waals surface area contributed by atoms with Crippen LogP contribution in [0.1, 0.15) is 36.0 Å². The van der Waals surface area contributed by atoms with Gasteiger partial charge in [0.25, 0.3) is 5.91 Å². The highest BCUT2D eigenvalue weighted by atomic mass is 32.2.